The summed E-state index contributed by atoms with van der Waals surface area (Å²) >= 11 is 3.44. The first-order valence-electron chi connectivity index (χ1n) is 5.94. The summed E-state index contributed by atoms with van der Waals surface area (Å²) in [4.78, 5) is 0. The topological polar surface area (TPSA) is 47.3 Å². The SMILES string of the molecule is CC1OC(C)C(C(O)c2c(Br)cnn2C)C1C. The third kappa shape index (κ3) is 2.16. The Balaban J connectivity index is 2.29. The normalized spacial score (nSPS) is 35.2. The molecule has 96 valence electrons. The van der Waals surface area contributed by atoms with E-state index in [1.54, 1.807) is 10.9 Å². The fourth-order valence-electron chi connectivity index (χ4n) is 2.77. The number of nitrogens with zero attached hydrogens (tertiary/aromatic N) is 2. The lowest BCUT2D eigenvalue weighted by Gasteiger charge is -2.25. The number of aryl methyl sites for hydroxylation is 1. The highest BCUT2D eigenvalue weighted by Gasteiger charge is 2.43. The Morgan fingerprint density at radius 3 is 2.47 bits per heavy atom. The summed E-state index contributed by atoms with van der Waals surface area (Å²) in [5.74, 6) is 0.443. The maximum Gasteiger partial charge on any atom is 0.102 e. The molecule has 1 N–H and O–H groups in total. The molecule has 2 rings (SSSR count). The molecule has 0 bridgehead atoms. The van der Waals surface area contributed by atoms with Crippen molar-refractivity contribution in [1.29, 1.82) is 0 Å². The van der Waals surface area contributed by atoms with Crippen molar-refractivity contribution in [3.05, 3.63) is 16.4 Å². The van der Waals surface area contributed by atoms with Gasteiger partial charge in [0.1, 0.15) is 6.10 Å². The van der Waals surface area contributed by atoms with Crippen LogP contribution in [-0.4, -0.2) is 27.1 Å². The average molecular weight is 303 g/mol. The van der Waals surface area contributed by atoms with Gasteiger partial charge in [-0.1, -0.05) is 6.92 Å². The molecule has 1 aromatic rings. The van der Waals surface area contributed by atoms with Gasteiger partial charge in [-0.15, -0.1) is 0 Å². The van der Waals surface area contributed by atoms with Crippen LogP contribution in [0, 0.1) is 11.8 Å². The molecule has 1 fully saturated rings. The lowest BCUT2D eigenvalue weighted by atomic mass is 9.84. The number of rotatable bonds is 2. The molecule has 1 aliphatic rings. The van der Waals surface area contributed by atoms with Crippen LogP contribution < -0.4 is 0 Å². The third-order valence-corrected chi connectivity index (χ3v) is 4.51. The van der Waals surface area contributed by atoms with E-state index in [-0.39, 0.29) is 18.1 Å². The van der Waals surface area contributed by atoms with E-state index in [1.165, 1.54) is 0 Å². The molecule has 5 atom stereocenters. The summed E-state index contributed by atoms with van der Waals surface area (Å²) < 4.78 is 8.35. The summed E-state index contributed by atoms with van der Waals surface area (Å²) in [7, 11) is 1.85. The summed E-state index contributed by atoms with van der Waals surface area (Å²) in [6.07, 6.45) is 1.42. The Kier molecular flexibility index (Phi) is 3.61. The fourth-order valence-corrected chi connectivity index (χ4v) is 3.36. The zero-order valence-corrected chi connectivity index (χ0v) is 12.2. The molecule has 5 heteroatoms. The van der Waals surface area contributed by atoms with Crippen LogP contribution in [0.25, 0.3) is 0 Å². The molecule has 0 amide bonds. The van der Waals surface area contributed by atoms with Crippen LogP contribution in [-0.2, 0) is 11.8 Å². The zero-order valence-electron chi connectivity index (χ0n) is 10.6. The Hall–Kier alpha value is -0.390. The molecule has 4 nitrogen and oxygen atoms in total. The largest absolute Gasteiger partial charge is 0.386 e. The van der Waals surface area contributed by atoms with Gasteiger partial charge >= 0.3 is 0 Å². The fraction of sp³-hybridized carbons (Fsp3) is 0.750. The number of hydrogen-bond acceptors (Lipinski definition) is 3. The molecule has 0 aliphatic carbocycles. The Labute approximate surface area is 110 Å². The van der Waals surface area contributed by atoms with Crippen LogP contribution >= 0.6 is 15.9 Å². The minimum atomic E-state index is -0.549. The molecular weight excluding hydrogens is 284 g/mol. The summed E-state index contributed by atoms with van der Waals surface area (Å²) in [5.41, 5.74) is 0.825. The van der Waals surface area contributed by atoms with Crippen molar-refractivity contribution in [3.63, 3.8) is 0 Å². The zero-order chi connectivity index (χ0) is 12.7. The predicted molar refractivity (Wildman–Crippen MR) is 68.5 cm³/mol. The van der Waals surface area contributed by atoms with Gasteiger partial charge in [0.15, 0.2) is 0 Å². The molecule has 1 saturated heterocycles. The third-order valence-electron chi connectivity index (χ3n) is 3.90. The van der Waals surface area contributed by atoms with Crippen LogP contribution in [0.2, 0.25) is 0 Å². The molecular formula is C12H19BrN2O2. The van der Waals surface area contributed by atoms with E-state index in [9.17, 15) is 5.11 Å². The second-order valence-corrected chi connectivity index (χ2v) is 5.78. The maximum atomic E-state index is 10.6. The summed E-state index contributed by atoms with van der Waals surface area (Å²) in [6.45, 7) is 6.22. The number of aliphatic hydroxyl groups is 1. The predicted octanol–water partition coefficient (Wildman–Crippen LogP) is 2.28. The van der Waals surface area contributed by atoms with E-state index in [0.29, 0.717) is 5.92 Å². The smallest absolute Gasteiger partial charge is 0.102 e. The van der Waals surface area contributed by atoms with Gasteiger partial charge in [-0.05, 0) is 35.7 Å². The van der Waals surface area contributed by atoms with Crippen LogP contribution in [0.1, 0.15) is 32.6 Å². The molecule has 0 aromatic carbocycles. The first-order valence-corrected chi connectivity index (χ1v) is 6.73. The molecule has 0 saturated carbocycles. The highest BCUT2D eigenvalue weighted by molar-refractivity contribution is 9.10. The van der Waals surface area contributed by atoms with E-state index < -0.39 is 6.10 Å². The van der Waals surface area contributed by atoms with Gasteiger partial charge in [0.25, 0.3) is 0 Å². The van der Waals surface area contributed by atoms with E-state index >= 15 is 0 Å². The van der Waals surface area contributed by atoms with E-state index in [4.69, 9.17) is 4.74 Å². The van der Waals surface area contributed by atoms with Gasteiger partial charge in [0.2, 0.25) is 0 Å². The van der Waals surface area contributed by atoms with Crippen molar-refractivity contribution in [2.45, 2.75) is 39.1 Å². The van der Waals surface area contributed by atoms with Crippen molar-refractivity contribution in [1.82, 2.24) is 9.78 Å². The molecule has 0 spiro atoms. The quantitative estimate of drug-likeness (QED) is 0.912. The molecule has 17 heavy (non-hydrogen) atoms. The van der Waals surface area contributed by atoms with Crippen LogP contribution in [0.5, 0.6) is 0 Å². The van der Waals surface area contributed by atoms with Crippen LogP contribution in [0.4, 0.5) is 0 Å². The van der Waals surface area contributed by atoms with Gasteiger partial charge < -0.3 is 9.84 Å². The lowest BCUT2D eigenvalue weighted by molar-refractivity contribution is 0.0203. The minimum absolute atomic E-state index is 0.0665. The Morgan fingerprint density at radius 2 is 2.06 bits per heavy atom. The Morgan fingerprint density at radius 1 is 1.41 bits per heavy atom. The van der Waals surface area contributed by atoms with Crippen LogP contribution in [0.15, 0.2) is 10.7 Å². The standard InChI is InChI=1S/C12H19BrN2O2/c1-6-7(2)17-8(3)10(6)12(16)11-9(13)5-14-15(11)4/h5-8,10,12,16H,1-4H3. The van der Waals surface area contributed by atoms with Crippen molar-refractivity contribution >= 4 is 15.9 Å². The maximum absolute atomic E-state index is 10.6. The van der Waals surface area contributed by atoms with Gasteiger partial charge in [-0.2, -0.15) is 5.10 Å². The average Bonchev–Trinajstić information content (AvgIpc) is 2.69. The van der Waals surface area contributed by atoms with Gasteiger partial charge in [-0.3, -0.25) is 4.68 Å². The number of ether oxygens (including phenoxy) is 1. The van der Waals surface area contributed by atoms with E-state index in [1.807, 2.05) is 14.0 Å². The number of aromatic nitrogens is 2. The second-order valence-electron chi connectivity index (χ2n) is 4.93. The summed E-state index contributed by atoms with van der Waals surface area (Å²) in [6, 6.07) is 0. The highest BCUT2D eigenvalue weighted by atomic mass is 79.9. The van der Waals surface area contributed by atoms with Gasteiger partial charge in [-0.25, -0.2) is 0 Å². The first kappa shape index (κ1) is 13.1. The molecule has 2 heterocycles. The van der Waals surface area contributed by atoms with Gasteiger partial charge in [0, 0.05) is 13.0 Å². The van der Waals surface area contributed by atoms with Crippen molar-refractivity contribution in [3.8, 4) is 0 Å². The number of hydrogen-bond donors (Lipinski definition) is 1. The van der Waals surface area contributed by atoms with Gasteiger partial charge in [0.05, 0.1) is 28.6 Å². The molecule has 5 unspecified atom stereocenters. The number of aliphatic hydroxyl groups excluding tert-OH is 1. The molecule has 1 aromatic heterocycles. The molecule has 1 aliphatic heterocycles. The monoisotopic (exact) mass is 302 g/mol. The highest BCUT2D eigenvalue weighted by Crippen LogP contribution is 2.41. The minimum Gasteiger partial charge on any atom is -0.386 e. The van der Waals surface area contributed by atoms with Crippen molar-refractivity contribution < 1.29 is 9.84 Å². The first-order chi connectivity index (χ1) is 7.93. The van der Waals surface area contributed by atoms with Crippen molar-refractivity contribution in [2.75, 3.05) is 0 Å². The Bertz CT molecular complexity index is 388. The lowest BCUT2D eigenvalue weighted by Crippen LogP contribution is -2.26. The molecule has 0 radical (unpaired) electrons. The van der Waals surface area contributed by atoms with Crippen molar-refractivity contribution in [2.24, 2.45) is 18.9 Å². The second kappa shape index (κ2) is 4.71. The van der Waals surface area contributed by atoms with E-state index in [0.717, 1.165) is 10.2 Å². The number of halogens is 1. The van der Waals surface area contributed by atoms with Crippen LogP contribution in [0.3, 0.4) is 0 Å². The summed E-state index contributed by atoms with van der Waals surface area (Å²) in [5, 5.41) is 14.7. The van der Waals surface area contributed by atoms with E-state index in [2.05, 4.69) is 34.9 Å².